The van der Waals surface area contributed by atoms with Gasteiger partial charge in [0.15, 0.2) is 0 Å². The van der Waals surface area contributed by atoms with Gasteiger partial charge < -0.3 is 16.0 Å². The third kappa shape index (κ3) is 3.88. The van der Waals surface area contributed by atoms with Gasteiger partial charge in [-0.05, 0) is 25.0 Å². The van der Waals surface area contributed by atoms with Crippen LogP contribution in [0.2, 0.25) is 0 Å². The maximum atomic E-state index is 13.0. The van der Waals surface area contributed by atoms with Crippen LogP contribution < -0.4 is 11.1 Å². The Morgan fingerprint density at radius 2 is 2.08 bits per heavy atom. The Kier molecular flexibility index (Phi) is 5.45. The number of carbonyl (C=O) groups is 2. The van der Waals surface area contributed by atoms with Gasteiger partial charge in [0, 0.05) is 31.9 Å². The van der Waals surface area contributed by atoms with Gasteiger partial charge >= 0.3 is 0 Å². The Balaban J connectivity index is 1.73. The molecule has 25 heavy (non-hydrogen) atoms. The number of imidazole rings is 1. The summed E-state index contributed by atoms with van der Waals surface area (Å²) >= 11 is 0. The van der Waals surface area contributed by atoms with Crippen molar-refractivity contribution in [2.24, 2.45) is 11.7 Å². The zero-order valence-corrected chi connectivity index (χ0v) is 14.1. The molecule has 0 saturated carbocycles. The lowest BCUT2D eigenvalue weighted by molar-refractivity contribution is -0.126. The molecular weight excluding hydrogens is 318 g/mol. The average molecular weight is 341 g/mol. The molecule has 132 valence electrons. The van der Waals surface area contributed by atoms with Gasteiger partial charge in [-0.15, -0.1) is 0 Å². The van der Waals surface area contributed by atoms with Crippen LogP contribution in [0.15, 0.2) is 42.9 Å². The Hall–Kier alpha value is -2.67. The minimum Gasteiger partial charge on any atom is -0.355 e. The first kappa shape index (κ1) is 17.2. The molecule has 3 rings (SSSR count). The lowest BCUT2D eigenvalue weighted by Crippen LogP contribution is -2.46. The first-order chi connectivity index (χ1) is 12.2. The summed E-state index contributed by atoms with van der Waals surface area (Å²) in [6.07, 6.45) is 4.81. The molecular formula is C18H23N5O2. The largest absolute Gasteiger partial charge is 0.355 e. The number of aromatic nitrogens is 2. The van der Waals surface area contributed by atoms with E-state index in [1.54, 1.807) is 22.0 Å². The Morgan fingerprint density at radius 1 is 1.28 bits per heavy atom. The molecule has 7 heteroatoms. The van der Waals surface area contributed by atoms with Gasteiger partial charge in [0.05, 0.1) is 18.4 Å². The first-order valence-electron chi connectivity index (χ1n) is 8.55. The third-order valence-corrected chi connectivity index (χ3v) is 4.41. The summed E-state index contributed by atoms with van der Waals surface area (Å²) in [5, 5.41) is 2.81. The Bertz CT molecular complexity index is 728. The molecule has 1 aromatic carbocycles. The number of piperidine rings is 1. The van der Waals surface area contributed by atoms with Crippen LogP contribution in [0.1, 0.15) is 23.3 Å². The molecule has 1 saturated heterocycles. The summed E-state index contributed by atoms with van der Waals surface area (Å²) in [7, 11) is 0. The number of hydrogen-bond acceptors (Lipinski definition) is 4. The van der Waals surface area contributed by atoms with Crippen molar-refractivity contribution in [3.63, 3.8) is 0 Å². The van der Waals surface area contributed by atoms with Crippen molar-refractivity contribution in [2.45, 2.75) is 12.8 Å². The smallest absolute Gasteiger partial charge is 0.272 e. The normalized spacial score (nSPS) is 17.3. The number of benzene rings is 1. The number of carbonyl (C=O) groups excluding carboxylic acids is 2. The van der Waals surface area contributed by atoms with Crippen molar-refractivity contribution in [3.05, 3.63) is 48.5 Å². The molecule has 2 amide bonds. The summed E-state index contributed by atoms with van der Waals surface area (Å²) in [5.41, 5.74) is 6.82. The maximum absolute atomic E-state index is 13.0. The highest BCUT2D eigenvalue weighted by Gasteiger charge is 2.30. The van der Waals surface area contributed by atoms with E-state index in [1.165, 1.54) is 0 Å². The van der Waals surface area contributed by atoms with Crippen molar-refractivity contribution < 1.29 is 9.59 Å². The lowest BCUT2D eigenvalue weighted by atomic mass is 9.97. The molecule has 1 aliphatic rings. The molecule has 3 N–H and O–H groups in total. The van der Waals surface area contributed by atoms with E-state index in [0.717, 1.165) is 18.5 Å². The Morgan fingerprint density at radius 3 is 2.84 bits per heavy atom. The highest BCUT2D eigenvalue weighted by Crippen LogP contribution is 2.20. The van der Waals surface area contributed by atoms with Crippen LogP contribution in [-0.2, 0) is 4.79 Å². The molecule has 2 aromatic rings. The van der Waals surface area contributed by atoms with Crippen LogP contribution in [0.5, 0.6) is 0 Å². The maximum Gasteiger partial charge on any atom is 0.272 e. The molecule has 1 fully saturated rings. The van der Waals surface area contributed by atoms with Crippen molar-refractivity contribution in [1.82, 2.24) is 19.8 Å². The highest BCUT2D eigenvalue weighted by molar-refractivity contribution is 5.93. The zero-order chi connectivity index (χ0) is 17.6. The number of para-hydroxylation sites is 1. The molecule has 0 aliphatic carbocycles. The topological polar surface area (TPSA) is 93.2 Å². The van der Waals surface area contributed by atoms with Gasteiger partial charge in [-0.1, -0.05) is 18.2 Å². The van der Waals surface area contributed by atoms with E-state index >= 15 is 0 Å². The molecule has 0 bridgehead atoms. The van der Waals surface area contributed by atoms with Crippen LogP contribution in [0, 0.1) is 5.92 Å². The van der Waals surface area contributed by atoms with Gasteiger partial charge in [0.1, 0.15) is 5.69 Å². The van der Waals surface area contributed by atoms with Crippen molar-refractivity contribution >= 4 is 11.8 Å². The average Bonchev–Trinajstić information content (AvgIpc) is 3.16. The van der Waals surface area contributed by atoms with E-state index in [2.05, 4.69) is 10.3 Å². The molecule has 0 spiro atoms. The van der Waals surface area contributed by atoms with Gasteiger partial charge in [0.25, 0.3) is 5.91 Å². The second-order valence-corrected chi connectivity index (χ2v) is 6.15. The number of nitrogens with zero attached hydrogens (tertiary/aromatic N) is 3. The number of amides is 2. The summed E-state index contributed by atoms with van der Waals surface area (Å²) in [6, 6.07) is 9.62. The highest BCUT2D eigenvalue weighted by atomic mass is 16.2. The minimum atomic E-state index is -0.183. The van der Waals surface area contributed by atoms with E-state index in [9.17, 15) is 9.59 Å². The predicted molar refractivity (Wildman–Crippen MR) is 94.3 cm³/mol. The lowest BCUT2D eigenvalue weighted by Gasteiger charge is -2.32. The van der Waals surface area contributed by atoms with Crippen LogP contribution in [0.3, 0.4) is 0 Å². The molecule has 1 atom stereocenters. The van der Waals surface area contributed by atoms with Crippen LogP contribution in [0.4, 0.5) is 0 Å². The second-order valence-electron chi connectivity index (χ2n) is 6.15. The van der Waals surface area contributed by atoms with Crippen molar-refractivity contribution in [3.8, 4) is 5.69 Å². The van der Waals surface area contributed by atoms with E-state index in [4.69, 9.17) is 5.73 Å². The SMILES string of the molecule is NCCNC(=O)C1CCCN(C(=O)c2cncn2-c2ccccc2)C1. The molecule has 2 heterocycles. The van der Waals surface area contributed by atoms with Gasteiger partial charge in [-0.25, -0.2) is 4.98 Å². The summed E-state index contributed by atoms with van der Waals surface area (Å²) in [5.74, 6) is -0.311. The molecule has 1 unspecified atom stereocenters. The number of nitrogens with one attached hydrogen (secondary N) is 1. The molecule has 0 radical (unpaired) electrons. The van der Waals surface area contributed by atoms with E-state index in [-0.39, 0.29) is 17.7 Å². The number of rotatable bonds is 5. The summed E-state index contributed by atoms with van der Waals surface area (Å²) < 4.78 is 1.78. The fourth-order valence-electron chi connectivity index (χ4n) is 3.12. The molecule has 7 nitrogen and oxygen atoms in total. The van der Waals surface area contributed by atoms with Crippen molar-refractivity contribution in [2.75, 3.05) is 26.2 Å². The zero-order valence-electron chi connectivity index (χ0n) is 14.1. The molecule has 1 aromatic heterocycles. The Labute approximate surface area is 146 Å². The van der Waals surface area contributed by atoms with Crippen molar-refractivity contribution in [1.29, 1.82) is 0 Å². The minimum absolute atomic E-state index is 0.0282. The van der Waals surface area contributed by atoms with Crippen LogP contribution in [0.25, 0.3) is 5.69 Å². The summed E-state index contributed by atoms with van der Waals surface area (Å²) in [6.45, 7) is 1.95. The summed E-state index contributed by atoms with van der Waals surface area (Å²) in [4.78, 5) is 31.0. The predicted octanol–water partition coefficient (Wildman–Crippen LogP) is 0.799. The van der Waals surface area contributed by atoms with E-state index in [1.807, 2.05) is 30.3 Å². The van der Waals surface area contributed by atoms with E-state index < -0.39 is 0 Å². The monoisotopic (exact) mass is 341 g/mol. The van der Waals surface area contributed by atoms with Gasteiger partial charge in [-0.2, -0.15) is 0 Å². The molecule has 1 aliphatic heterocycles. The van der Waals surface area contributed by atoms with Gasteiger partial charge in [-0.3, -0.25) is 14.2 Å². The fraction of sp³-hybridized carbons (Fsp3) is 0.389. The number of hydrogen-bond donors (Lipinski definition) is 2. The van der Waals surface area contributed by atoms with Crippen LogP contribution >= 0.6 is 0 Å². The number of likely N-dealkylation sites (tertiary alicyclic amines) is 1. The first-order valence-corrected chi connectivity index (χ1v) is 8.55. The van der Waals surface area contributed by atoms with Gasteiger partial charge in [0.2, 0.25) is 5.91 Å². The fourth-order valence-corrected chi connectivity index (χ4v) is 3.12. The number of nitrogens with two attached hydrogens (primary N) is 1. The standard InChI is InChI=1S/C18H23N5O2/c19-8-9-21-17(24)14-5-4-10-22(12-14)18(25)16-11-20-13-23(16)15-6-2-1-3-7-15/h1-3,6-7,11,13-14H,4-5,8-10,12,19H2,(H,21,24). The third-order valence-electron chi connectivity index (χ3n) is 4.41. The quantitative estimate of drug-likeness (QED) is 0.841. The van der Waals surface area contributed by atoms with Crippen LogP contribution in [-0.4, -0.2) is 52.4 Å². The van der Waals surface area contributed by atoms with E-state index in [0.29, 0.717) is 31.9 Å². The second kappa shape index (κ2) is 7.94.